The van der Waals surface area contributed by atoms with Gasteiger partial charge in [-0.3, -0.25) is 4.79 Å². The molecule has 1 aliphatic carbocycles. The molecular formula is C16H30N2O3. The van der Waals surface area contributed by atoms with Gasteiger partial charge in [0, 0.05) is 20.1 Å². The van der Waals surface area contributed by atoms with Gasteiger partial charge in [0.25, 0.3) is 0 Å². The van der Waals surface area contributed by atoms with E-state index < -0.39 is 11.9 Å². The Kier molecular flexibility index (Phi) is 7.54. The van der Waals surface area contributed by atoms with E-state index in [9.17, 15) is 9.59 Å². The number of hydrogen-bond acceptors (Lipinski definition) is 2. The first kappa shape index (κ1) is 17.8. The Bertz CT molecular complexity index is 338. The Morgan fingerprint density at radius 2 is 1.86 bits per heavy atom. The number of carbonyl (C=O) groups excluding carboxylic acids is 1. The molecule has 1 unspecified atom stereocenters. The summed E-state index contributed by atoms with van der Waals surface area (Å²) in [5, 5.41) is 11.9. The first-order valence-electron chi connectivity index (χ1n) is 8.12. The minimum atomic E-state index is -0.834. The van der Waals surface area contributed by atoms with Crippen LogP contribution in [0, 0.1) is 17.8 Å². The zero-order chi connectivity index (χ0) is 15.8. The van der Waals surface area contributed by atoms with Gasteiger partial charge in [-0.1, -0.05) is 33.1 Å². The molecule has 1 aliphatic rings. The van der Waals surface area contributed by atoms with Crippen molar-refractivity contribution in [2.24, 2.45) is 17.8 Å². The summed E-state index contributed by atoms with van der Waals surface area (Å²) < 4.78 is 0. The highest BCUT2D eigenvalue weighted by Crippen LogP contribution is 2.24. The third-order valence-corrected chi connectivity index (χ3v) is 4.21. The molecule has 122 valence electrons. The molecule has 2 amide bonds. The molecule has 0 bridgehead atoms. The van der Waals surface area contributed by atoms with Crippen LogP contribution in [-0.4, -0.2) is 42.1 Å². The second-order valence-electron chi connectivity index (χ2n) is 6.74. The number of nitrogens with one attached hydrogen (secondary N) is 1. The third kappa shape index (κ3) is 6.82. The molecule has 1 fully saturated rings. The lowest BCUT2D eigenvalue weighted by molar-refractivity contribution is -0.142. The number of carbonyl (C=O) groups is 2. The average Bonchev–Trinajstić information content (AvgIpc) is 2.43. The van der Waals surface area contributed by atoms with E-state index in [1.54, 1.807) is 11.9 Å². The summed E-state index contributed by atoms with van der Waals surface area (Å²) in [4.78, 5) is 24.9. The summed E-state index contributed by atoms with van der Waals surface area (Å²) in [5.41, 5.74) is 0. The Hall–Kier alpha value is -1.26. The fourth-order valence-corrected chi connectivity index (χ4v) is 3.03. The average molecular weight is 298 g/mol. The van der Waals surface area contributed by atoms with Gasteiger partial charge < -0.3 is 15.3 Å². The van der Waals surface area contributed by atoms with Crippen LogP contribution in [0.15, 0.2) is 0 Å². The molecule has 1 rings (SSSR count). The van der Waals surface area contributed by atoms with Gasteiger partial charge in [-0.15, -0.1) is 0 Å². The molecule has 5 nitrogen and oxygen atoms in total. The second-order valence-corrected chi connectivity index (χ2v) is 6.74. The molecule has 1 saturated carbocycles. The van der Waals surface area contributed by atoms with Crippen LogP contribution in [0.25, 0.3) is 0 Å². The Morgan fingerprint density at radius 1 is 1.24 bits per heavy atom. The van der Waals surface area contributed by atoms with Crippen molar-refractivity contribution in [3.63, 3.8) is 0 Å². The van der Waals surface area contributed by atoms with Crippen LogP contribution in [0.3, 0.4) is 0 Å². The predicted molar refractivity (Wildman–Crippen MR) is 83.2 cm³/mol. The molecule has 0 spiro atoms. The topological polar surface area (TPSA) is 69.6 Å². The van der Waals surface area contributed by atoms with Crippen molar-refractivity contribution in [1.82, 2.24) is 10.2 Å². The monoisotopic (exact) mass is 298 g/mol. The zero-order valence-electron chi connectivity index (χ0n) is 13.6. The number of amides is 2. The first-order valence-corrected chi connectivity index (χ1v) is 8.12. The summed E-state index contributed by atoms with van der Waals surface area (Å²) in [6, 6.07) is -0.157. The van der Waals surface area contributed by atoms with Crippen LogP contribution in [0.1, 0.15) is 52.4 Å². The van der Waals surface area contributed by atoms with E-state index in [2.05, 4.69) is 5.32 Å². The van der Waals surface area contributed by atoms with Crippen LogP contribution in [0.4, 0.5) is 4.79 Å². The Morgan fingerprint density at radius 3 is 2.38 bits per heavy atom. The van der Waals surface area contributed by atoms with Crippen molar-refractivity contribution in [3.8, 4) is 0 Å². The van der Waals surface area contributed by atoms with Crippen LogP contribution in [0.5, 0.6) is 0 Å². The molecule has 5 heteroatoms. The van der Waals surface area contributed by atoms with Gasteiger partial charge in [-0.25, -0.2) is 4.79 Å². The molecule has 21 heavy (non-hydrogen) atoms. The van der Waals surface area contributed by atoms with Crippen molar-refractivity contribution < 1.29 is 14.7 Å². The second kappa shape index (κ2) is 8.90. The van der Waals surface area contributed by atoms with Crippen LogP contribution >= 0.6 is 0 Å². The van der Waals surface area contributed by atoms with E-state index in [-0.39, 0.29) is 12.6 Å². The van der Waals surface area contributed by atoms with E-state index in [1.807, 2.05) is 13.8 Å². The molecule has 1 atom stereocenters. The number of carboxylic acids is 1. The van der Waals surface area contributed by atoms with Gasteiger partial charge in [0.2, 0.25) is 0 Å². The van der Waals surface area contributed by atoms with Crippen molar-refractivity contribution in [1.29, 1.82) is 0 Å². The maximum atomic E-state index is 12.1. The zero-order valence-corrected chi connectivity index (χ0v) is 13.6. The number of carboxylic acid groups (broad SMARTS) is 1. The number of urea groups is 1. The number of nitrogens with zero attached hydrogens (tertiary/aromatic N) is 1. The Labute approximate surface area is 128 Å². The van der Waals surface area contributed by atoms with E-state index >= 15 is 0 Å². The van der Waals surface area contributed by atoms with Gasteiger partial charge in [0.1, 0.15) is 0 Å². The summed E-state index contributed by atoms with van der Waals surface area (Å²) in [7, 11) is 1.79. The highest BCUT2D eigenvalue weighted by Gasteiger charge is 2.22. The van der Waals surface area contributed by atoms with Crippen LogP contribution < -0.4 is 5.32 Å². The number of aliphatic carboxylic acids is 1. The molecule has 0 saturated heterocycles. The van der Waals surface area contributed by atoms with Crippen molar-refractivity contribution in [3.05, 3.63) is 0 Å². The SMILES string of the molecule is CC(C)CC(CNC(=O)N(C)CC1CCCCC1)C(=O)O. The van der Waals surface area contributed by atoms with Gasteiger partial charge in [-0.05, 0) is 31.1 Å². The molecule has 0 aromatic carbocycles. The smallest absolute Gasteiger partial charge is 0.317 e. The van der Waals surface area contributed by atoms with Crippen LogP contribution in [0.2, 0.25) is 0 Å². The van der Waals surface area contributed by atoms with Gasteiger partial charge in [-0.2, -0.15) is 0 Å². The van der Waals surface area contributed by atoms with Gasteiger partial charge in [0.05, 0.1) is 5.92 Å². The highest BCUT2D eigenvalue weighted by molar-refractivity contribution is 5.75. The third-order valence-electron chi connectivity index (χ3n) is 4.21. The predicted octanol–water partition coefficient (Wildman–Crippen LogP) is 2.96. The number of hydrogen-bond donors (Lipinski definition) is 2. The molecule has 0 aromatic heterocycles. The standard InChI is InChI=1S/C16H30N2O3/c1-12(2)9-14(15(19)20)10-17-16(21)18(3)11-13-7-5-4-6-8-13/h12-14H,4-11H2,1-3H3,(H,17,21)(H,19,20). The Balaban J connectivity index is 2.34. The van der Waals surface area contributed by atoms with E-state index in [0.717, 1.165) is 6.54 Å². The largest absolute Gasteiger partial charge is 0.481 e. The van der Waals surface area contributed by atoms with Crippen molar-refractivity contribution >= 4 is 12.0 Å². The van der Waals surface area contributed by atoms with Gasteiger partial charge in [0.15, 0.2) is 0 Å². The van der Waals surface area contributed by atoms with Crippen molar-refractivity contribution in [2.75, 3.05) is 20.1 Å². The molecular weight excluding hydrogens is 268 g/mol. The summed E-state index contributed by atoms with van der Waals surface area (Å²) in [5.74, 6) is -0.431. The van der Waals surface area contributed by atoms with Gasteiger partial charge >= 0.3 is 12.0 Å². The lowest BCUT2D eigenvalue weighted by atomic mass is 9.89. The van der Waals surface area contributed by atoms with E-state index in [0.29, 0.717) is 18.3 Å². The molecule has 0 aromatic rings. The maximum absolute atomic E-state index is 12.1. The van der Waals surface area contributed by atoms with Crippen molar-refractivity contribution in [2.45, 2.75) is 52.4 Å². The summed E-state index contributed by atoms with van der Waals surface area (Å²) >= 11 is 0. The molecule has 2 N–H and O–H groups in total. The lowest BCUT2D eigenvalue weighted by Gasteiger charge is -2.27. The normalized spacial score (nSPS) is 17.5. The fourth-order valence-electron chi connectivity index (χ4n) is 3.03. The quantitative estimate of drug-likeness (QED) is 0.759. The lowest BCUT2D eigenvalue weighted by Crippen LogP contribution is -2.43. The van der Waals surface area contributed by atoms with E-state index in [4.69, 9.17) is 5.11 Å². The summed E-state index contributed by atoms with van der Waals surface area (Å²) in [6.45, 7) is 4.97. The highest BCUT2D eigenvalue weighted by atomic mass is 16.4. The summed E-state index contributed by atoms with van der Waals surface area (Å²) in [6.07, 6.45) is 6.81. The fraction of sp³-hybridized carbons (Fsp3) is 0.875. The molecule has 0 aliphatic heterocycles. The molecule has 0 heterocycles. The molecule has 0 radical (unpaired) electrons. The first-order chi connectivity index (χ1) is 9.90. The minimum Gasteiger partial charge on any atom is -0.481 e. The maximum Gasteiger partial charge on any atom is 0.317 e. The van der Waals surface area contributed by atoms with Crippen LogP contribution in [-0.2, 0) is 4.79 Å². The van der Waals surface area contributed by atoms with E-state index in [1.165, 1.54) is 32.1 Å². The number of rotatable bonds is 7. The minimum absolute atomic E-state index is 0.157.